The van der Waals surface area contributed by atoms with E-state index in [0.717, 1.165) is 17.5 Å². The number of hydrogen-bond acceptors (Lipinski definition) is 5. The molecule has 1 atom stereocenters. The molecule has 0 aromatic heterocycles. The zero-order valence-corrected chi connectivity index (χ0v) is 18.3. The van der Waals surface area contributed by atoms with Crippen LogP contribution in [0.25, 0.3) is 0 Å². The molecule has 1 aliphatic rings. The SMILES string of the molecule is CC1(C(=O)OCc2ccc(CCl)cc2)COC(=O)OC1.[3H]CC(Cl)Cc1ccccc1. The Balaban J connectivity index is 0.000000262. The molecule has 1 heterocycles. The monoisotopic (exact) mass is 454 g/mol. The van der Waals surface area contributed by atoms with Gasteiger partial charge in [-0.05, 0) is 36.9 Å². The molecule has 0 aliphatic carbocycles. The van der Waals surface area contributed by atoms with Crippen LogP contribution in [0.15, 0.2) is 54.6 Å². The summed E-state index contributed by atoms with van der Waals surface area (Å²) >= 11 is 11.5. The first-order chi connectivity index (χ1) is 14.9. The lowest BCUT2D eigenvalue weighted by molar-refractivity contribution is -0.167. The number of esters is 1. The van der Waals surface area contributed by atoms with Crippen molar-refractivity contribution in [1.82, 2.24) is 0 Å². The Labute approximate surface area is 188 Å². The number of cyclic esters (lactones) is 2. The smallest absolute Gasteiger partial charge is 0.460 e. The summed E-state index contributed by atoms with van der Waals surface area (Å²) in [4.78, 5) is 22.8. The minimum atomic E-state index is -0.954. The molecular formula is C23H26Cl2O5. The fraction of sp³-hybridized carbons (Fsp3) is 0.391. The number of carbonyl (C=O) groups is 2. The van der Waals surface area contributed by atoms with Gasteiger partial charge in [0.1, 0.15) is 25.2 Å². The van der Waals surface area contributed by atoms with E-state index in [2.05, 4.69) is 0 Å². The summed E-state index contributed by atoms with van der Waals surface area (Å²) < 4.78 is 21.7. The third-order valence-electron chi connectivity index (χ3n) is 4.36. The number of hydrogen-bond donors (Lipinski definition) is 0. The number of ether oxygens (including phenoxy) is 3. The molecular weight excluding hydrogens is 427 g/mol. The maximum absolute atomic E-state index is 12.0. The fourth-order valence-corrected chi connectivity index (χ4v) is 2.91. The molecule has 2 aromatic carbocycles. The van der Waals surface area contributed by atoms with Crippen LogP contribution in [0, 0.1) is 5.41 Å². The van der Waals surface area contributed by atoms with E-state index in [1.54, 1.807) is 6.92 Å². The van der Waals surface area contributed by atoms with Crippen molar-refractivity contribution in [1.29, 1.82) is 0 Å². The van der Waals surface area contributed by atoms with Crippen molar-refractivity contribution in [3.05, 3.63) is 71.3 Å². The number of halogens is 2. The van der Waals surface area contributed by atoms with E-state index >= 15 is 0 Å². The zero-order chi connectivity index (χ0) is 22.7. The van der Waals surface area contributed by atoms with Crippen LogP contribution in [-0.4, -0.2) is 30.7 Å². The van der Waals surface area contributed by atoms with Crippen LogP contribution in [0.5, 0.6) is 0 Å². The third-order valence-corrected chi connectivity index (χ3v) is 4.82. The third kappa shape index (κ3) is 7.88. The fourth-order valence-electron chi connectivity index (χ4n) is 2.56. The first-order valence-electron chi connectivity index (χ1n) is 10.1. The lowest BCUT2D eigenvalue weighted by Crippen LogP contribution is -2.44. The molecule has 0 N–H and O–H groups in total. The highest BCUT2D eigenvalue weighted by molar-refractivity contribution is 6.20. The van der Waals surface area contributed by atoms with Crippen molar-refractivity contribution in [2.45, 2.75) is 38.1 Å². The topological polar surface area (TPSA) is 61.8 Å². The van der Waals surface area contributed by atoms with Crippen LogP contribution in [0.3, 0.4) is 0 Å². The van der Waals surface area contributed by atoms with Crippen molar-refractivity contribution >= 4 is 35.3 Å². The van der Waals surface area contributed by atoms with Crippen molar-refractivity contribution in [2.75, 3.05) is 13.2 Å². The van der Waals surface area contributed by atoms with Crippen LogP contribution in [0.2, 0.25) is 0 Å². The van der Waals surface area contributed by atoms with Gasteiger partial charge in [-0.25, -0.2) is 4.79 Å². The van der Waals surface area contributed by atoms with E-state index in [0.29, 0.717) is 5.88 Å². The maximum atomic E-state index is 12.0. The molecule has 7 heteroatoms. The Morgan fingerprint density at radius 2 is 1.70 bits per heavy atom. The molecule has 0 bridgehead atoms. The molecule has 162 valence electrons. The van der Waals surface area contributed by atoms with Crippen LogP contribution in [0.1, 0.15) is 31.9 Å². The zero-order valence-electron chi connectivity index (χ0n) is 17.8. The van der Waals surface area contributed by atoms with Gasteiger partial charge in [-0.2, -0.15) is 0 Å². The minimum Gasteiger partial charge on any atom is -0.460 e. The van der Waals surface area contributed by atoms with E-state index in [4.69, 9.17) is 38.8 Å². The lowest BCUT2D eigenvalue weighted by atomic mass is 9.92. The number of rotatable bonds is 6. The van der Waals surface area contributed by atoms with Gasteiger partial charge in [0.15, 0.2) is 0 Å². The first kappa shape index (κ1) is 22.4. The highest BCUT2D eigenvalue weighted by Crippen LogP contribution is 2.24. The summed E-state index contributed by atoms with van der Waals surface area (Å²) in [6, 6.07) is 17.5. The van der Waals surface area contributed by atoms with Gasteiger partial charge >= 0.3 is 12.1 Å². The Bertz CT molecular complexity index is 820. The van der Waals surface area contributed by atoms with Gasteiger partial charge in [-0.3, -0.25) is 4.79 Å². The van der Waals surface area contributed by atoms with Crippen LogP contribution in [-0.2, 0) is 37.9 Å². The second-order valence-corrected chi connectivity index (χ2v) is 8.09. The average molecular weight is 455 g/mol. The van der Waals surface area contributed by atoms with E-state index in [1.807, 2.05) is 54.6 Å². The van der Waals surface area contributed by atoms with Gasteiger partial charge in [0.2, 0.25) is 0 Å². The van der Waals surface area contributed by atoms with Crippen molar-refractivity contribution in [3.8, 4) is 0 Å². The molecule has 1 fully saturated rings. The number of alkyl halides is 2. The summed E-state index contributed by atoms with van der Waals surface area (Å²) in [6.45, 7) is 2.02. The molecule has 1 aliphatic heterocycles. The minimum absolute atomic E-state index is 0.0319. The molecule has 3 rings (SSSR count). The molecule has 0 saturated carbocycles. The van der Waals surface area contributed by atoms with E-state index in [9.17, 15) is 9.59 Å². The molecule has 0 spiro atoms. The van der Waals surface area contributed by atoms with E-state index in [-0.39, 0.29) is 32.1 Å². The Morgan fingerprint density at radius 3 is 2.27 bits per heavy atom. The second-order valence-electron chi connectivity index (χ2n) is 7.20. The molecule has 5 nitrogen and oxygen atoms in total. The Morgan fingerprint density at radius 1 is 1.10 bits per heavy atom. The number of benzene rings is 2. The van der Waals surface area contributed by atoms with Crippen LogP contribution < -0.4 is 0 Å². The summed E-state index contributed by atoms with van der Waals surface area (Å²) in [5, 5.41) is -0.0441. The molecule has 2 aromatic rings. The molecule has 30 heavy (non-hydrogen) atoms. The quantitative estimate of drug-likeness (QED) is 0.425. The van der Waals surface area contributed by atoms with Crippen LogP contribution >= 0.6 is 23.2 Å². The molecule has 0 radical (unpaired) electrons. The summed E-state index contributed by atoms with van der Waals surface area (Å²) in [6.07, 6.45) is 0.0401. The predicted molar refractivity (Wildman–Crippen MR) is 117 cm³/mol. The first-order valence-corrected chi connectivity index (χ1v) is 10.4. The second kappa shape index (κ2) is 11.8. The highest BCUT2D eigenvalue weighted by Gasteiger charge is 2.41. The summed E-state index contributed by atoms with van der Waals surface area (Å²) in [7, 11) is 0. The molecule has 0 amide bonds. The van der Waals surface area contributed by atoms with Gasteiger partial charge in [0.25, 0.3) is 0 Å². The maximum Gasteiger partial charge on any atom is 0.508 e. The van der Waals surface area contributed by atoms with Gasteiger partial charge in [0.05, 0.1) is 0 Å². The normalized spacial score (nSPS) is 16.1. The lowest BCUT2D eigenvalue weighted by Gasteiger charge is -2.29. The summed E-state index contributed by atoms with van der Waals surface area (Å²) in [5.41, 5.74) is 2.12. The largest absolute Gasteiger partial charge is 0.508 e. The van der Waals surface area contributed by atoms with Gasteiger partial charge in [-0.1, -0.05) is 54.6 Å². The van der Waals surface area contributed by atoms with Crippen molar-refractivity contribution in [3.63, 3.8) is 0 Å². The molecule has 1 saturated heterocycles. The van der Waals surface area contributed by atoms with Crippen molar-refractivity contribution < 1.29 is 25.2 Å². The van der Waals surface area contributed by atoms with E-state index in [1.165, 1.54) is 5.56 Å². The standard InChI is InChI=1S/C14H15ClO5.C9H11Cl/c1-14(8-19-13(17)20-9-14)12(16)18-7-11-4-2-10(6-15)3-5-11;1-8(10)7-9-5-3-2-4-6-9/h2-5H,6-9H2,1H3;2-6,8H,7H2,1H3/i;1T. The van der Waals surface area contributed by atoms with Gasteiger partial charge in [-0.15, -0.1) is 23.2 Å². The van der Waals surface area contributed by atoms with Crippen molar-refractivity contribution in [2.24, 2.45) is 5.41 Å². The average Bonchev–Trinajstić information content (AvgIpc) is 2.81. The number of carbonyl (C=O) groups excluding carboxylic acids is 2. The van der Waals surface area contributed by atoms with E-state index < -0.39 is 17.5 Å². The summed E-state index contributed by atoms with van der Waals surface area (Å²) in [5.74, 6) is -0.00711. The Kier molecular flexibility index (Phi) is 8.84. The predicted octanol–water partition coefficient (Wildman–Crippen LogP) is 5.50. The Hall–Kier alpha value is -2.24. The molecule has 1 unspecified atom stereocenters. The van der Waals surface area contributed by atoms with Crippen LogP contribution in [0.4, 0.5) is 4.79 Å². The highest BCUT2D eigenvalue weighted by atomic mass is 35.5. The van der Waals surface area contributed by atoms with Gasteiger partial charge < -0.3 is 14.2 Å². The van der Waals surface area contributed by atoms with Gasteiger partial charge in [0, 0.05) is 12.6 Å².